The second-order valence-corrected chi connectivity index (χ2v) is 6.50. The molecule has 27 heavy (non-hydrogen) atoms. The lowest BCUT2D eigenvalue weighted by molar-refractivity contribution is -0.138. The van der Waals surface area contributed by atoms with E-state index < -0.39 is 23.1 Å². The van der Waals surface area contributed by atoms with Crippen LogP contribution in [0, 0.1) is 0 Å². The van der Waals surface area contributed by atoms with Gasteiger partial charge in [-0.15, -0.1) is 0 Å². The van der Waals surface area contributed by atoms with Crippen LogP contribution in [0.1, 0.15) is 30.9 Å². The molecule has 0 radical (unpaired) electrons. The summed E-state index contributed by atoms with van der Waals surface area (Å²) in [5, 5.41) is 2.96. The molecule has 1 aliphatic heterocycles. The van der Waals surface area contributed by atoms with E-state index in [2.05, 4.69) is 15.3 Å². The number of fused-ring (bicyclic) bond motifs is 1. The molecule has 1 aromatic heterocycles. The van der Waals surface area contributed by atoms with Gasteiger partial charge in [0.25, 0.3) is 5.56 Å². The second-order valence-electron chi connectivity index (χ2n) is 6.50. The lowest BCUT2D eigenvalue weighted by Gasteiger charge is -2.29. The van der Waals surface area contributed by atoms with E-state index >= 15 is 0 Å². The standard InChI is InChI=1S/C19H22N4O4/c1-5-27-18(25)13-10(2)20-16-15(17(24)22-19(26)21-16)14(13)11-6-8-12(9-7-11)23(3)4/h6-9,14H,5H2,1-4H3,(H3,20,21,22,24,26)/t14-/m0/s1. The van der Waals surface area contributed by atoms with E-state index in [4.69, 9.17) is 4.74 Å². The van der Waals surface area contributed by atoms with E-state index in [0.29, 0.717) is 11.3 Å². The molecule has 0 fully saturated rings. The smallest absolute Gasteiger partial charge is 0.336 e. The van der Waals surface area contributed by atoms with Gasteiger partial charge in [-0.25, -0.2) is 9.59 Å². The predicted octanol–water partition coefficient (Wildman–Crippen LogP) is 1.52. The zero-order chi connectivity index (χ0) is 19.7. The molecule has 2 heterocycles. The molecule has 8 nitrogen and oxygen atoms in total. The van der Waals surface area contributed by atoms with Crippen molar-refractivity contribution in [2.24, 2.45) is 0 Å². The molecular formula is C19H22N4O4. The van der Waals surface area contributed by atoms with Crippen LogP contribution >= 0.6 is 0 Å². The fourth-order valence-corrected chi connectivity index (χ4v) is 3.26. The fourth-order valence-electron chi connectivity index (χ4n) is 3.26. The molecule has 8 heteroatoms. The normalized spacial score (nSPS) is 15.8. The summed E-state index contributed by atoms with van der Waals surface area (Å²) in [7, 11) is 3.86. The van der Waals surface area contributed by atoms with Gasteiger partial charge in [-0.3, -0.25) is 14.8 Å². The number of anilines is 2. The Morgan fingerprint density at radius 2 is 1.81 bits per heavy atom. The van der Waals surface area contributed by atoms with Crippen LogP contribution in [0.4, 0.5) is 11.5 Å². The molecule has 0 saturated carbocycles. The van der Waals surface area contributed by atoms with Crippen LogP contribution in [0.3, 0.4) is 0 Å². The molecular weight excluding hydrogens is 348 g/mol. The van der Waals surface area contributed by atoms with E-state index in [9.17, 15) is 14.4 Å². The van der Waals surface area contributed by atoms with Gasteiger partial charge in [-0.1, -0.05) is 12.1 Å². The molecule has 0 saturated heterocycles. The zero-order valence-electron chi connectivity index (χ0n) is 15.7. The number of esters is 1. The summed E-state index contributed by atoms with van der Waals surface area (Å²) < 4.78 is 5.21. The second kappa shape index (κ2) is 7.14. The molecule has 3 N–H and O–H groups in total. The van der Waals surface area contributed by atoms with Gasteiger partial charge in [0.15, 0.2) is 0 Å². The fraction of sp³-hybridized carbons (Fsp3) is 0.316. The summed E-state index contributed by atoms with van der Waals surface area (Å²) in [6.45, 7) is 3.66. The first-order valence-corrected chi connectivity index (χ1v) is 8.62. The van der Waals surface area contributed by atoms with Crippen LogP contribution in [0.5, 0.6) is 0 Å². The zero-order valence-corrected chi connectivity index (χ0v) is 15.7. The molecule has 0 aliphatic carbocycles. The van der Waals surface area contributed by atoms with Crippen LogP contribution in [0.25, 0.3) is 0 Å². The van der Waals surface area contributed by atoms with Gasteiger partial charge in [0.2, 0.25) is 0 Å². The van der Waals surface area contributed by atoms with Gasteiger partial charge in [0.05, 0.1) is 23.7 Å². The number of H-pyrrole nitrogens is 2. The van der Waals surface area contributed by atoms with E-state index in [-0.39, 0.29) is 18.0 Å². The molecule has 1 atom stereocenters. The van der Waals surface area contributed by atoms with E-state index in [1.54, 1.807) is 13.8 Å². The number of aromatic amines is 2. The Kier molecular flexibility index (Phi) is 4.89. The van der Waals surface area contributed by atoms with Crippen LogP contribution in [-0.4, -0.2) is 36.6 Å². The maximum atomic E-state index is 12.6. The van der Waals surface area contributed by atoms with Crippen molar-refractivity contribution >= 4 is 17.5 Å². The number of ether oxygens (including phenoxy) is 1. The first kappa shape index (κ1) is 18.5. The number of aromatic nitrogens is 2. The third kappa shape index (κ3) is 3.38. The Bertz CT molecular complexity index is 1020. The van der Waals surface area contributed by atoms with Crippen molar-refractivity contribution in [2.75, 3.05) is 30.9 Å². The van der Waals surface area contributed by atoms with Crippen molar-refractivity contribution in [1.82, 2.24) is 9.97 Å². The van der Waals surface area contributed by atoms with Crippen LogP contribution in [0.15, 0.2) is 45.1 Å². The van der Waals surface area contributed by atoms with Gasteiger partial charge in [-0.05, 0) is 31.5 Å². The average Bonchev–Trinajstić information content (AvgIpc) is 2.60. The molecule has 0 unspecified atom stereocenters. The van der Waals surface area contributed by atoms with Crippen molar-refractivity contribution in [3.05, 3.63) is 67.5 Å². The van der Waals surface area contributed by atoms with Gasteiger partial charge in [-0.2, -0.15) is 0 Å². The number of rotatable bonds is 4. The highest BCUT2D eigenvalue weighted by molar-refractivity contribution is 5.94. The Labute approximate surface area is 155 Å². The number of allylic oxidation sites excluding steroid dienone is 1. The van der Waals surface area contributed by atoms with Crippen molar-refractivity contribution in [3.8, 4) is 0 Å². The molecule has 2 aromatic rings. The summed E-state index contributed by atoms with van der Waals surface area (Å²) >= 11 is 0. The van der Waals surface area contributed by atoms with Crippen LogP contribution < -0.4 is 21.5 Å². The number of hydrogen-bond acceptors (Lipinski definition) is 6. The quantitative estimate of drug-likeness (QED) is 0.705. The number of carbonyl (C=O) groups excluding carboxylic acids is 1. The summed E-state index contributed by atoms with van der Waals surface area (Å²) in [4.78, 5) is 43.7. The Hall–Kier alpha value is -3.29. The van der Waals surface area contributed by atoms with E-state index in [0.717, 1.165) is 11.3 Å². The monoisotopic (exact) mass is 370 g/mol. The molecule has 1 aliphatic rings. The first-order chi connectivity index (χ1) is 12.8. The third-order valence-electron chi connectivity index (χ3n) is 4.51. The summed E-state index contributed by atoms with van der Waals surface area (Å²) in [6, 6.07) is 7.56. The lowest BCUT2D eigenvalue weighted by atomic mass is 9.82. The van der Waals surface area contributed by atoms with E-state index in [1.165, 1.54) is 0 Å². The summed E-state index contributed by atoms with van der Waals surface area (Å²) in [6.07, 6.45) is 0. The summed E-state index contributed by atoms with van der Waals surface area (Å²) in [5.41, 5.74) is 1.74. The average molecular weight is 370 g/mol. The topological polar surface area (TPSA) is 107 Å². The molecule has 3 rings (SSSR count). The largest absolute Gasteiger partial charge is 0.463 e. The highest BCUT2D eigenvalue weighted by Crippen LogP contribution is 2.39. The Morgan fingerprint density at radius 3 is 2.41 bits per heavy atom. The van der Waals surface area contributed by atoms with Crippen molar-refractivity contribution in [3.63, 3.8) is 0 Å². The highest BCUT2D eigenvalue weighted by Gasteiger charge is 2.35. The SMILES string of the molecule is CCOC(=O)C1=C(C)Nc2[nH]c(=O)[nH]c(=O)c2[C@H]1c1ccc(N(C)C)cc1. The Balaban J connectivity index is 2.23. The first-order valence-electron chi connectivity index (χ1n) is 8.62. The van der Waals surface area contributed by atoms with Gasteiger partial charge >= 0.3 is 11.7 Å². The van der Waals surface area contributed by atoms with Crippen molar-refractivity contribution < 1.29 is 9.53 Å². The minimum absolute atomic E-state index is 0.219. The maximum Gasteiger partial charge on any atom is 0.336 e. The molecule has 0 amide bonds. The molecule has 0 spiro atoms. The lowest BCUT2D eigenvalue weighted by Crippen LogP contribution is -2.35. The van der Waals surface area contributed by atoms with Crippen molar-refractivity contribution in [1.29, 1.82) is 0 Å². The number of hydrogen-bond donors (Lipinski definition) is 3. The van der Waals surface area contributed by atoms with E-state index in [1.807, 2.05) is 43.3 Å². The van der Waals surface area contributed by atoms with Gasteiger partial charge in [0.1, 0.15) is 5.82 Å². The molecule has 142 valence electrons. The minimum atomic E-state index is -0.655. The minimum Gasteiger partial charge on any atom is -0.463 e. The van der Waals surface area contributed by atoms with Crippen molar-refractivity contribution in [2.45, 2.75) is 19.8 Å². The predicted molar refractivity (Wildman–Crippen MR) is 103 cm³/mol. The number of carbonyl (C=O) groups is 1. The Morgan fingerprint density at radius 1 is 1.15 bits per heavy atom. The van der Waals surface area contributed by atoms with Crippen LogP contribution in [-0.2, 0) is 9.53 Å². The number of benzene rings is 1. The maximum absolute atomic E-state index is 12.6. The number of nitrogens with one attached hydrogen (secondary N) is 3. The molecule has 1 aromatic carbocycles. The van der Waals surface area contributed by atoms with Gasteiger partial charge in [0, 0.05) is 25.5 Å². The third-order valence-corrected chi connectivity index (χ3v) is 4.51. The van der Waals surface area contributed by atoms with Gasteiger partial charge < -0.3 is 15.0 Å². The highest BCUT2D eigenvalue weighted by atomic mass is 16.5. The number of nitrogens with zero attached hydrogens (tertiary/aromatic N) is 1. The van der Waals surface area contributed by atoms with Crippen LogP contribution in [0.2, 0.25) is 0 Å². The molecule has 0 bridgehead atoms. The summed E-state index contributed by atoms with van der Waals surface area (Å²) in [5.74, 6) is -0.867.